The molecule has 1 aromatic carbocycles. The first-order valence-corrected chi connectivity index (χ1v) is 7.00. The number of piperazine rings is 1. The summed E-state index contributed by atoms with van der Waals surface area (Å²) in [6, 6.07) is 7.15. The van der Waals surface area contributed by atoms with Crippen LogP contribution >= 0.6 is 0 Å². The van der Waals surface area contributed by atoms with Gasteiger partial charge in [0.15, 0.2) is 6.29 Å². The second-order valence-electron chi connectivity index (χ2n) is 4.88. The van der Waals surface area contributed by atoms with E-state index in [9.17, 15) is 9.59 Å². The summed E-state index contributed by atoms with van der Waals surface area (Å²) in [5, 5.41) is 2.87. The standard InChI is InChI=1S/C15H20N3O3/c1-21-14-5-3-13(4-6-14)16-15(20)18-10-8-17(9-11-18)7-2-12-19/h3-6H,2,7-11H2,1H3,(H,16,20). The maximum Gasteiger partial charge on any atom is 0.321 e. The largest absolute Gasteiger partial charge is 0.497 e. The predicted octanol–water partition coefficient (Wildman–Crippen LogP) is 1.34. The number of carbonyl (C=O) groups excluding carboxylic acids is 2. The monoisotopic (exact) mass is 290 g/mol. The molecule has 1 saturated heterocycles. The van der Waals surface area contributed by atoms with Crippen molar-refractivity contribution in [1.29, 1.82) is 0 Å². The minimum absolute atomic E-state index is 0.0956. The zero-order valence-electron chi connectivity index (χ0n) is 12.2. The lowest BCUT2D eigenvalue weighted by Gasteiger charge is -2.34. The van der Waals surface area contributed by atoms with Crippen LogP contribution in [0.15, 0.2) is 24.3 Å². The Labute approximate surface area is 124 Å². The van der Waals surface area contributed by atoms with Gasteiger partial charge in [-0.25, -0.2) is 4.79 Å². The van der Waals surface area contributed by atoms with E-state index >= 15 is 0 Å². The molecule has 0 unspecified atom stereocenters. The first-order chi connectivity index (χ1) is 10.2. The molecule has 6 nitrogen and oxygen atoms in total. The number of carbonyl (C=O) groups is 1. The van der Waals surface area contributed by atoms with Gasteiger partial charge in [-0.2, -0.15) is 0 Å². The van der Waals surface area contributed by atoms with E-state index in [-0.39, 0.29) is 6.03 Å². The minimum atomic E-state index is -0.0956. The van der Waals surface area contributed by atoms with Gasteiger partial charge >= 0.3 is 6.03 Å². The van der Waals surface area contributed by atoms with Crippen LogP contribution in [-0.4, -0.2) is 62.0 Å². The molecule has 0 spiro atoms. The van der Waals surface area contributed by atoms with Crippen LogP contribution in [0.4, 0.5) is 10.5 Å². The quantitative estimate of drug-likeness (QED) is 0.889. The summed E-state index contributed by atoms with van der Waals surface area (Å²) in [6.07, 6.45) is 2.32. The maximum atomic E-state index is 12.1. The van der Waals surface area contributed by atoms with Crippen molar-refractivity contribution in [2.75, 3.05) is 45.2 Å². The highest BCUT2D eigenvalue weighted by Crippen LogP contribution is 2.15. The highest BCUT2D eigenvalue weighted by molar-refractivity contribution is 5.89. The fraction of sp³-hybridized carbons (Fsp3) is 0.467. The summed E-state index contributed by atoms with van der Waals surface area (Å²) in [6.45, 7) is 3.63. The molecular weight excluding hydrogens is 270 g/mol. The Balaban J connectivity index is 1.80. The first kappa shape index (κ1) is 15.3. The number of amides is 2. The second-order valence-corrected chi connectivity index (χ2v) is 4.88. The van der Waals surface area contributed by atoms with Crippen LogP contribution in [0.25, 0.3) is 0 Å². The van der Waals surface area contributed by atoms with Crippen LogP contribution in [0.5, 0.6) is 5.75 Å². The van der Waals surface area contributed by atoms with Crippen molar-refractivity contribution in [3.8, 4) is 5.75 Å². The number of nitrogens with one attached hydrogen (secondary N) is 1. The number of hydrogen-bond acceptors (Lipinski definition) is 4. The molecule has 0 aromatic heterocycles. The second kappa shape index (κ2) is 7.64. The normalized spacial score (nSPS) is 15.6. The smallest absolute Gasteiger partial charge is 0.321 e. The van der Waals surface area contributed by atoms with Gasteiger partial charge in [0, 0.05) is 44.8 Å². The van der Waals surface area contributed by atoms with Gasteiger partial charge in [-0.1, -0.05) is 0 Å². The molecule has 0 bridgehead atoms. The molecule has 1 radical (unpaired) electrons. The number of methoxy groups -OCH3 is 1. The van der Waals surface area contributed by atoms with Crippen LogP contribution in [-0.2, 0) is 4.79 Å². The summed E-state index contributed by atoms with van der Waals surface area (Å²) in [5.74, 6) is 0.758. The Hall–Kier alpha value is -2.08. The van der Waals surface area contributed by atoms with Crippen LogP contribution in [0.3, 0.4) is 0 Å². The lowest BCUT2D eigenvalue weighted by atomic mass is 10.3. The van der Waals surface area contributed by atoms with Crippen molar-refractivity contribution in [3.63, 3.8) is 0 Å². The summed E-state index contributed by atoms with van der Waals surface area (Å²) in [5.41, 5.74) is 0.749. The average molecular weight is 290 g/mol. The van der Waals surface area contributed by atoms with E-state index in [0.29, 0.717) is 19.5 Å². The molecule has 1 aliphatic rings. The van der Waals surface area contributed by atoms with E-state index in [1.165, 1.54) is 0 Å². The van der Waals surface area contributed by atoms with Crippen LogP contribution in [0.1, 0.15) is 6.42 Å². The van der Waals surface area contributed by atoms with Gasteiger partial charge in [0.2, 0.25) is 0 Å². The molecular formula is C15H20N3O3. The van der Waals surface area contributed by atoms with E-state index in [1.807, 2.05) is 30.6 Å². The van der Waals surface area contributed by atoms with E-state index in [0.717, 1.165) is 31.1 Å². The van der Waals surface area contributed by atoms with Gasteiger partial charge in [-0.3, -0.25) is 9.69 Å². The fourth-order valence-corrected chi connectivity index (χ4v) is 2.26. The molecule has 21 heavy (non-hydrogen) atoms. The van der Waals surface area contributed by atoms with Gasteiger partial charge in [-0.15, -0.1) is 0 Å². The van der Waals surface area contributed by atoms with Crippen molar-refractivity contribution < 1.29 is 14.3 Å². The van der Waals surface area contributed by atoms with Gasteiger partial charge < -0.3 is 15.0 Å². The van der Waals surface area contributed by atoms with Crippen molar-refractivity contribution >= 4 is 18.0 Å². The third-order valence-electron chi connectivity index (χ3n) is 3.53. The lowest BCUT2D eigenvalue weighted by molar-refractivity contribution is 0.149. The van der Waals surface area contributed by atoms with Gasteiger partial charge in [0.05, 0.1) is 7.11 Å². The van der Waals surface area contributed by atoms with E-state index in [4.69, 9.17) is 4.74 Å². The maximum absolute atomic E-state index is 12.1. The lowest BCUT2D eigenvalue weighted by Crippen LogP contribution is -2.50. The van der Waals surface area contributed by atoms with Gasteiger partial charge in [0.25, 0.3) is 0 Å². The summed E-state index contributed by atoms with van der Waals surface area (Å²) >= 11 is 0. The number of benzene rings is 1. The summed E-state index contributed by atoms with van der Waals surface area (Å²) in [4.78, 5) is 26.3. The molecule has 0 saturated carbocycles. The molecule has 0 atom stereocenters. The Kier molecular flexibility index (Phi) is 5.57. The average Bonchev–Trinajstić information content (AvgIpc) is 2.54. The van der Waals surface area contributed by atoms with Crippen LogP contribution < -0.4 is 10.1 Å². The highest BCUT2D eigenvalue weighted by Gasteiger charge is 2.20. The first-order valence-electron chi connectivity index (χ1n) is 7.00. The van der Waals surface area contributed by atoms with Crippen LogP contribution in [0, 0.1) is 0 Å². The molecule has 113 valence electrons. The third kappa shape index (κ3) is 4.46. The van der Waals surface area contributed by atoms with Gasteiger partial charge in [0.1, 0.15) is 5.75 Å². The zero-order valence-corrected chi connectivity index (χ0v) is 12.2. The molecule has 2 rings (SSSR count). The Morgan fingerprint density at radius 3 is 2.48 bits per heavy atom. The number of hydrogen-bond donors (Lipinski definition) is 1. The van der Waals surface area contributed by atoms with Crippen molar-refractivity contribution in [2.45, 2.75) is 6.42 Å². The predicted molar refractivity (Wildman–Crippen MR) is 80.3 cm³/mol. The Morgan fingerprint density at radius 1 is 1.24 bits per heavy atom. The van der Waals surface area contributed by atoms with Crippen LogP contribution in [0.2, 0.25) is 0 Å². The zero-order chi connectivity index (χ0) is 15.1. The molecule has 1 fully saturated rings. The fourth-order valence-electron chi connectivity index (χ4n) is 2.26. The van der Waals surface area contributed by atoms with E-state index in [2.05, 4.69) is 10.2 Å². The Bertz CT molecular complexity index is 468. The number of nitrogens with zero attached hydrogens (tertiary/aromatic N) is 2. The molecule has 1 aliphatic heterocycles. The Morgan fingerprint density at radius 2 is 1.90 bits per heavy atom. The molecule has 2 amide bonds. The van der Waals surface area contributed by atoms with Crippen molar-refractivity contribution in [2.24, 2.45) is 0 Å². The molecule has 1 aromatic rings. The number of rotatable bonds is 5. The highest BCUT2D eigenvalue weighted by atomic mass is 16.5. The van der Waals surface area contributed by atoms with Gasteiger partial charge in [-0.05, 0) is 24.3 Å². The number of ether oxygens (including phenoxy) is 1. The topological polar surface area (TPSA) is 61.9 Å². The SMILES string of the molecule is COc1ccc(NC(=O)N2CCN(CC[C]=O)CC2)cc1. The summed E-state index contributed by atoms with van der Waals surface area (Å²) in [7, 11) is 1.61. The van der Waals surface area contributed by atoms with E-state index in [1.54, 1.807) is 12.0 Å². The molecule has 1 heterocycles. The third-order valence-corrected chi connectivity index (χ3v) is 3.53. The minimum Gasteiger partial charge on any atom is -0.497 e. The van der Waals surface area contributed by atoms with E-state index < -0.39 is 0 Å². The molecule has 1 N–H and O–H groups in total. The molecule has 0 aliphatic carbocycles. The molecule has 6 heteroatoms. The summed E-state index contributed by atoms with van der Waals surface area (Å²) < 4.78 is 5.08. The van der Waals surface area contributed by atoms with Crippen molar-refractivity contribution in [1.82, 2.24) is 9.80 Å². The van der Waals surface area contributed by atoms with Crippen molar-refractivity contribution in [3.05, 3.63) is 24.3 Å². The number of anilines is 1. The number of urea groups is 1.